The molecule has 7 nitrogen and oxygen atoms in total. The van der Waals surface area contributed by atoms with Crippen LogP contribution in [0.2, 0.25) is 5.02 Å². The van der Waals surface area contributed by atoms with E-state index in [4.69, 9.17) is 21.8 Å². The number of H-pyrrole nitrogens is 1. The van der Waals surface area contributed by atoms with Gasteiger partial charge < -0.3 is 20.8 Å². The Bertz CT molecular complexity index is 743. The molecule has 1 aliphatic rings. The van der Waals surface area contributed by atoms with Crippen molar-refractivity contribution in [1.82, 2.24) is 15.5 Å². The maximum Gasteiger partial charge on any atom is 0.434 e. The first-order valence-electron chi connectivity index (χ1n) is 7.66. The monoisotopic (exact) mass is 409 g/mol. The van der Waals surface area contributed by atoms with Crippen molar-refractivity contribution in [1.29, 1.82) is 0 Å². The minimum atomic E-state index is -0.605. The van der Waals surface area contributed by atoms with E-state index < -0.39 is 5.76 Å². The fourth-order valence-electron chi connectivity index (χ4n) is 2.94. The minimum absolute atomic E-state index is 0. The van der Waals surface area contributed by atoms with Crippen LogP contribution in [-0.2, 0) is 0 Å². The maximum absolute atomic E-state index is 11.1. The lowest BCUT2D eigenvalue weighted by molar-refractivity contribution is 0.343. The van der Waals surface area contributed by atoms with Crippen molar-refractivity contribution >= 4 is 47.8 Å². The van der Waals surface area contributed by atoms with E-state index in [2.05, 4.69) is 27.8 Å². The lowest BCUT2D eigenvalue weighted by Crippen LogP contribution is -2.36. The van der Waals surface area contributed by atoms with E-state index in [0.717, 1.165) is 31.6 Å². The highest BCUT2D eigenvalue weighted by Gasteiger charge is 2.21. The standard InChI is InChI=1S/C15H20ClN5O2.2ClH/c1-8(9-2-4-18-5-3-9)19-12-7-10(6-11(17)13(12)16)14-20-21-15(22)23-14;;/h6-9,18-19H,2-5,17H2,1H3,(H,21,22);2*1H/t8-;;/m0../s1. The number of benzene rings is 1. The third-order valence-corrected chi connectivity index (χ3v) is 4.68. The smallest absolute Gasteiger partial charge is 0.397 e. The first-order valence-corrected chi connectivity index (χ1v) is 8.04. The van der Waals surface area contributed by atoms with Gasteiger partial charge in [-0.25, -0.2) is 9.89 Å². The summed E-state index contributed by atoms with van der Waals surface area (Å²) >= 11 is 6.32. The van der Waals surface area contributed by atoms with Crippen molar-refractivity contribution in [2.45, 2.75) is 25.8 Å². The number of aromatic amines is 1. The van der Waals surface area contributed by atoms with Gasteiger partial charge in [-0.05, 0) is 50.9 Å². The number of rotatable bonds is 4. The third-order valence-electron chi connectivity index (χ3n) is 4.26. The van der Waals surface area contributed by atoms with E-state index in [1.807, 2.05) is 0 Å². The summed E-state index contributed by atoms with van der Waals surface area (Å²) in [4.78, 5) is 11.1. The molecule has 0 aliphatic carbocycles. The molecule has 1 fully saturated rings. The number of nitrogens with two attached hydrogens (primary N) is 1. The van der Waals surface area contributed by atoms with Gasteiger partial charge in [0.25, 0.3) is 0 Å². The molecule has 2 heterocycles. The van der Waals surface area contributed by atoms with Gasteiger partial charge in [-0.2, -0.15) is 0 Å². The zero-order valence-electron chi connectivity index (χ0n) is 13.7. The molecular formula is C15H22Cl3N5O2. The first kappa shape index (κ1) is 21.6. The molecule has 1 atom stereocenters. The second kappa shape index (κ2) is 9.33. The highest BCUT2D eigenvalue weighted by Crippen LogP contribution is 2.34. The summed E-state index contributed by atoms with van der Waals surface area (Å²) in [6.07, 6.45) is 2.24. The van der Waals surface area contributed by atoms with Crippen molar-refractivity contribution in [2.24, 2.45) is 5.92 Å². The molecule has 2 aromatic rings. The summed E-state index contributed by atoms with van der Waals surface area (Å²) in [5.41, 5.74) is 7.71. The second-order valence-electron chi connectivity index (χ2n) is 5.87. The summed E-state index contributed by atoms with van der Waals surface area (Å²) in [5.74, 6) is 0.155. The molecule has 0 spiro atoms. The summed E-state index contributed by atoms with van der Waals surface area (Å²) < 4.78 is 4.98. The van der Waals surface area contributed by atoms with Crippen LogP contribution in [-0.4, -0.2) is 29.3 Å². The topological polar surface area (TPSA) is 109 Å². The number of aromatic nitrogens is 2. The number of hydrogen-bond donors (Lipinski definition) is 4. The third kappa shape index (κ3) is 5.04. The number of nitrogens with zero attached hydrogens (tertiary/aromatic N) is 1. The molecule has 5 N–H and O–H groups in total. The van der Waals surface area contributed by atoms with Gasteiger partial charge in [-0.3, -0.25) is 0 Å². The fraction of sp³-hybridized carbons (Fsp3) is 0.467. The fourth-order valence-corrected chi connectivity index (χ4v) is 3.10. The van der Waals surface area contributed by atoms with E-state index in [-0.39, 0.29) is 36.7 Å². The van der Waals surface area contributed by atoms with Gasteiger partial charge in [0.05, 0.1) is 16.4 Å². The van der Waals surface area contributed by atoms with Crippen LogP contribution in [0.5, 0.6) is 0 Å². The van der Waals surface area contributed by atoms with Crippen LogP contribution < -0.4 is 22.1 Å². The highest BCUT2D eigenvalue weighted by atomic mass is 35.5. The van der Waals surface area contributed by atoms with Crippen molar-refractivity contribution in [3.63, 3.8) is 0 Å². The SMILES string of the molecule is C[C@H](Nc1cc(-c2n[nH]c(=O)o2)cc(N)c1Cl)C1CCNCC1.Cl.Cl. The number of hydrogen-bond acceptors (Lipinski definition) is 6. The average molecular weight is 411 g/mol. The molecule has 3 rings (SSSR count). The molecule has 10 heteroatoms. The summed E-state index contributed by atoms with van der Waals surface area (Å²) in [5, 5.41) is 13.3. The van der Waals surface area contributed by atoms with Gasteiger partial charge >= 0.3 is 5.76 Å². The largest absolute Gasteiger partial charge is 0.434 e. The molecule has 140 valence electrons. The van der Waals surface area contributed by atoms with Gasteiger partial charge in [0.15, 0.2) is 0 Å². The Morgan fingerprint density at radius 3 is 2.64 bits per heavy atom. The lowest BCUT2D eigenvalue weighted by Gasteiger charge is -2.30. The number of halogens is 3. The molecule has 0 unspecified atom stereocenters. The predicted molar refractivity (Wildman–Crippen MR) is 105 cm³/mol. The van der Waals surface area contributed by atoms with Crippen LogP contribution in [0.15, 0.2) is 21.3 Å². The number of anilines is 2. The Labute approximate surface area is 162 Å². The van der Waals surface area contributed by atoms with Crippen molar-refractivity contribution < 1.29 is 4.42 Å². The van der Waals surface area contributed by atoms with E-state index in [0.29, 0.717) is 22.2 Å². The van der Waals surface area contributed by atoms with Gasteiger partial charge in [-0.15, -0.1) is 29.9 Å². The Kier molecular flexibility index (Phi) is 8.08. The van der Waals surface area contributed by atoms with E-state index in [1.54, 1.807) is 12.1 Å². The summed E-state index contributed by atoms with van der Waals surface area (Å²) in [7, 11) is 0. The van der Waals surface area contributed by atoms with Gasteiger partial charge in [0.2, 0.25) is 5.89 Å². The van der Waals surface area contributed by atoms with Crippen molar-refractivity contribution in [2.75, 3.05) is 24.1 Å². The van der Waals surface area contributed by atoms with E-state index in [9.17, 15) is 4.79 Å². The van der Waals surface area contributed by atoms with Crippen LogP contribution in [0.3, 0.4) is 0 Å². The van der Waals surface area contributed by atoms with Crippen LogP contribution in [0.1, 0.15) is 19.8 Å². The van der Waals surface area contributed by atoms with E-state index >= 15 is 0 Å². The highest BCUT2D eigenvalue weighted by molar-refractivity contribution is 6.35. The first-order chi connectivity index (χ1) is 11.0. The van der Waals surface area contributed by atoms with Crippen LogP contribution >= 0.6 is 36.4 Å². The molecule has 1 aromatic heterocycles. The number of nitrogen functional groups attached to an aromatic ring is 1. The second-order valence-corrected chi connectivity index (χ2v) is 6.24. The van der Waals surface area contributed by atoms with Crippen molar-refractivity contribution in [3.8, 4) is 11.5 Å². The summed E-state index contributed by atoms with van der Waals surface area (Å²) in [6.45, 7) is 4.21. The molecule has 1 aromatic carbocycles. The van der Waals surface area contributed by atoms with E-state index in [1.165, 1.54) is 0 Å². The number of piperidine rings is 1. The van der Waals surface area contributed by atoms with Gasteiger partial charge in [0.1, 0.15) is 0 Å². The minimum Gasteiger partial charge on any atom is -0.397 e. The van der Waals surface area contributed by atoms with Crippen molar-refractivity contribution in [3.05, 3.63) is 27.7 Å². The van der Waals surface area contributed by atoms with Gasteiger partial charge in [-0.1, -0.05) is 11.6 Å². The quantitative estimate of drug-likeness (QED) is 0.577. The molecule has 0 saturated carbocycles. The Balaban J connectivity index is 0.00000156. The summed E-state index contributed by atoms with van der Waals surface area (Å²) in [6, 6.07) is 3.70. The zero-order chi connectivity index (χ0) is 16.4. The lowest BCUT2D eigenvalue weighted by atomic mass is 9.91. The Morgan fingerprint density at radius 2 is 2.04 bits per heavy atom. The zero-order valence-corrected chi connectivity index (χ0v) is 16.1. The van der Waals surface area contributed by atoms with Crippen LogP contribution in [0, 0.1) is 5.92 Å². The molecule has 1 aliphatic heterocycles. The molecule has 0 amide bonds. The number of nitrogens with one attached hydrogen (secondary N) is 3. The Hall–Kier alpha value is -1.41. The molecular weight excluding hydrogens is 389 g/mol. The van der Waals surface area contributed by atoms with Crippen LogP contribution in [0.25, 0.3) is 11.5 Å². The van der Waals surface area contributed by atoms with Gasteiger partial charge in [0, 0.05) is 11.6 Å². The van der Waals surface area contributed by atoms with Crippen LogP contribution in [0.4, 0.5) is 11.4 Å². The molecule has 1 saturated heterocycles. The molecule has 0 radical (unpaired) electrons. The molecule has 25 heavy (non-hydrogen) atoms. The maximum atomic E-state index is 11.1. The normalized spacial score (nSPS) is 15.8. The average Bonchev–Trinajstić information content (AvgIpc) is 2.99. The molecule has 0 bridgehead atoms. The predicted octanol–water partition coefficient (Wildman–Crippen LogP) is 2.91. The Morgan fingerprint density at radius 1 is 1.36 bits per heavy atom.